The van der Waals surface area contributed by atoms with E-state index in [0.717, 1.165) is 16.9 Å². The second-order valence-electron chi connectivity index (χ2n) is 9.60. The molecule has 1 saturated heterocycles. The van der Waals surface area contributed by atoms with E-state index in [1.54, 1.807) is 4.90 Å². The van der Waals surface area contributed by atoms with E-state index in [4.69, 9.17) is 0 Å². The molecule has 0 bridgehead atoms. The van der Waals surface area contributed by atoms with Gasteiger partial charge in [0.2, 0.25) is 11.8 Å². The zero-order valence-corrected chi connectivity index (χ0v) is 22.6. The number of thioether (sulfide) groups is 2. The summed E-state index contributed by atoms with van der Waals surface area (Å²) in [7, 11) is 0. The van der Waals surface area contributed by atoms with E-state index in [-0.39, 0.29) is 17.9 Å². The number of aliphatic carboxylic acids is 1. The number of carbonyl (C=O) groups is 3. The molecule has 1 unspecified atom stereocenters. The highest BCUT2D eigenvalue weighted by Gasteiger charge is 2.39. The molecule has 2 aliphatic heterocycles. The number of carboxylic acids is 1. The van der Waals surface area contributed by atoms with Gasteiger partial charge in [0.25, 0.3) is 0 Å². The summed E-state index contributed by atoms with van der Waals surface area (Å²) in [6.45, 7) is 7.14. The van der Waals surface area contributed by atoms with Crippen LogP contribution in [0.2, 0.25) is 0 Å². The van der Waals surface area contributed by atoms with Crippen molar-refractivity contribution in [2.75, 3.05) is 24.3 Å². The van der Waals surface area contributed by atoms with E-state index in [1.807, 2.05) is 56.1 Å². The van der Waals surface area contributed by atoms with Crippen LogP contribution in [0.15, 0.2) is 24.3 Å². The maximum Gasteiger partial charge on any atom is 0.326 e. The molecule has 35 heavy (non-hydrogen) atoms. The van der Waals surface area contributed by atoms with Gasteiger partial charge in [-0.1, -0.05) is 38.1 Å². The Balaban J connectivity index is 1.80. The Hall–Kier alpha value is -1.75. The fourth-order valence-electron chi connectivity index (χ4n) is 4.61. The van der Waals surface area contributed by atoms with Gasteiger partial charge in [-0.15, -0.1) is 11.8 Å². The van der Waals surface area contributed by atoms with Gasteiger partial charge in [-0.2, -0.15) is 11.8 Å². The van der Waals surface area contributed by atoms with Crippen LogP contribution in [-0.2, 0) is 27.3 Å². The summed E-state index contributed by atoms with van der Waals surface area (Å²) in [5.74, 6) is 0.0549. The van der Waals surface area contributed by atoms with Gasteiger partial charge in [0, 0.05) is 31.3 Å². The fraction of sp³-hybridized carbons (Fsp3) is 0.640. The van der Waals surface area contributed by atoms with E-state index in [0.29, 0.717) is 37.1 Å². The lowest BCUT2D eigenvalue weighted by molar-refractivity contribution is -0.146. The van der Waals surface area contributed by atoms with E-state index >= 15 is 0 Å². The van der Waals surface area contributed by atoms with Gasteiger partial charge >= 0.3 is 5.97 Å². The third kappa shape index (κ3) is 7.38. The molecular formula is C25H38N4O4S2. The molecule has 0 spiro atoms. The van der Waals surface area contributed by atoms with E-state index in [9.17, 15) is 19.5 Å². The van der Waals surface area contributed by atoms with Gasteiger partial charge in [-0.3, -0.25) is 9.59 Å². The second-order valence-corrected chi connectivity index (χ2v) is 12.0. The van der Waals surface area contributed by atoms with Crippen molar-refractivity contribution >= 4 is 41.3 Å². The molecule has 1 aromatic carbocycles. The maximum absolute atomic E-state index is 13.9. The number of nitrogens with one attached hydrogen (secondary N) is 3. The summed E-state index contributed by atoms with van der Waals surface area (Å²) in [5, 5.41) is 19.7. The van der Waals surface area contributed by atoms with Gasteiger partial charge < -0.3 is 26.0 Å². The number of fused-ring (bicyclic) bond motifs is 1. The molecule has 1 aromatic rings. The molecule has 0 aromatic heterocycles. The molecular weight excluding hydrogens is 484 g/mol. The van der Waals surface area contributed by atoms with Gasteiger partial charge in [0.1, 0.15) is 12.1 Å². The Morgan fingerprint density at radius 2 is 1.97 bits per heavy atom. The normalized spacial score (nSPS) is 23.6. The predicted molar refractivity (Wildman–Crippen MR) is 143 cm³/mol. The number of carbonyl (C=O) groups excluding carboxylic acids is 2. The van der Waals surface area contributed by atoms with Crippen LogP contribution in [0.4, 0.5) is 0 Å². The smallest absolute Gasteiger partial charge is 0.326 e. The molecule has 0 aliphatic carbocycles. The van der Waals surface area contributed by atoms with E-state index in [2.05, 4.69) is 22.9 Å². The van der Waals surface area contributed by atoms with Crippen molar-refractivity contribution in [3.63, 3.8) is 0 Å². The summed E-state index contributed by atoms with van der Waals surface area (Å²) in [4.78, 5) is 40.6. The fourth-order valence-corrected chi connectivity index (χ4v) is 6.11. The summed E-state index contributed by atoms with van der Waals surface area (Å²) in [6, 6.07) is 5.95. The lowest BCUT2D eigenvalue weighted by Crippen LogP contribution is -2.60. The first-order valence-corrected chi connectivity index (χ1v) is 14.7. The minimum absolute atomic E-state index is 0.0307. The zero-order valence-electron chi connectivity index (χ0n) is 21.0. The molecule has 2 heterocycles. The highest BCUT2D eigenvalue weighted by Crippen LogP contribution is 2.26. The van der Waals surface area contributed by atoms with Crippen molar-refractivity contribution in [3.8, 4) is 0 Å². The first-order valence-electron chi connectivity index (χ1n) is 12.2. The van der Waals surface area contributed by atoms with Gasteiger partial charge in [-0.05, 0) is 42.4 Å². The number of rotatable bonds is 11. The van der Waals surface area contributed by atoms with Crippen LogP contribution in [0.1, 0.15) is 38.3 Å². The highest BCUT2D eigenvalue weighted by molar-refractivity contribution is 8.00. The SMILES string of the molecule is CSCC[C@H](NC(=O)[C@@H]1Cc2ccccc2CN1C(=O)[C@@H](NC[C@@H]1CSC(C)N1)C(C)C)C(=O)O. The number of benzene rings is 1. The Bertz CT molecular complexity index is 900. The summed E-state index contributed by atoms with van der Waals surface area (Å²) >= 11 is 3.40. The topological polar surface area (TPSA) is 111 Å². The van der Waals surface area contributed by atoms with E-state index < -0.39 is 30.0 Å². The average Bonchev–Trinajstić information content (AvgIpc) is 3.25. The highest BCUT2D eigenvalue weighted by atomic mass is 32.2. The maximum atomic E-state index is 13.9. The third-order valence-corrected chi connectivity index (χ3v) is 8.47. The number of carboxylic acid groups (broad SMARTS) is 1. The van der Waals surface area contributed by atoms with Crippen LogP contribution >= 0.6 is 23.5 Å². The van der Waals surface area contributed by atoms with Crippen molar-refractivity contribution in [3.05, 3.63) is 35.4 Å². The molecule has 3 rings (SSSR count). The van der Waals surface area contributed by atoms with E-state index in [1.165, 1.54) is 11.8 Å². The van der Waals surface area contributed by atoms with Crippen molar-refractivity contribution in [2.45, 2.75) is 69.7 Å². The number of nitrogens with zero attached hydrogens (tertiary/aromatic N) is 1. The van der Waals surface area contributed by atoms with Crippen LogP contribution in [0.25, 0.3) is 0 Å². The van der Waals surface area contributed by atoms with Crippen LogP contribution < -0.4 is 16.0 Å². The number of hydrogen-bond donors (Lipinski definition) is 4. The summed E-state index contributed by atoms with van der Waals surface area (Å²) in [5.41, 5.74) is 2.04. The third-order valence-electron chi connectivity index (χ3n) is 6.59. The average molecular weight is 523 g/mol. The second kappa shape index (κ2) is 13.0. The molecule has 1 fully saturated rings. The largest absolute Gasteiger partial charge is 0.480 e. The Morgan fingerprint density at radius 1 is 1.26 bits per heavy atom. The molecule has 5 atom stereocenters. The van der Waals surface area contributed by atoms with Gasteiger partial charge in [-0.25, -0.2) is 4.79 Å². The predicted octanol–water partition coefficient (Wildman–Crippen LogP) is 1.93. The molecule has 8 nitrogen and oxygen atoms in total. The lowest BCUT2D eigenvalue weighted by atomic mass is 9.91. The zero-order chi connectivity index (χ0) is 25.5. The Morgan fingerprint density at radius 3 is 2.57 bits per heavy atom. The minimum Gasteiger partial charge on any atom is -0.480 e. The molecule has 0 radical (unpaired) electrons. The first-order chi connectivity index (χ1) is 16.7. The Kier molecular flexibility index (Phi) is 10.3. The van der Waals surface area contributed by atoms with Crippen molar-refractivity contribution in [2.24, 2.45) is 5.92 Å². The van der Waals surface area contributed by atoms with Crippen LogP contribution in [0, 0.1) is 5.92 Å². The number of amides is 2. The summed E-state index contributed by atoms with van der Waals surface area (Å²) in [6.07, 6.45) is 2.60. The monoisotopic (exact) mass is 522 g/mol. The van der Waals surface area contributed by atoms with Gasteiger partial charge in [0.05, 0.1) is 11.4 Å². The minimum atomic E-state index is -1.06. The quantitative estimate of drug-likeness (QED) is 0.349. The molecule has 2 amide bonds. The molecule has 10 heteroatoms. The van der Waals surface area contributed by atoms with Gasteiger partial charge in [0.15, 0.2) is 0 Å². The molecule has 4 N–H and O–H groups in total. The van der Waals surface area contributed by atoms with Crippen molar-refractivity contribution in [1.82, 2.24) is 20.9 Å². The Labute approximate surface area is 216 Å². The lowest BCUT2D eigenvalue weighted by Gasteiger charge is -2.39. The first kappa shape index (κ1) is 27.8. The molecule has 0 saturated carbocycles. The van der Waals surface area contributed by atoms with Crippen LogP contribution in [0.3, 0.4) is 0 Å². The standard InChI is InChI=1S/C25H38N4O4S2/c1-15(2)22(26-12-19-14-35-16(3)27-19)24(31)29-13-18-8-6-5-7-17(18)11-21(29)23(30)28-20(25(32)33)9-10-34-4/h5-8,15-16,19-22,26-27H,9-14H2,1-4H3,(H,28,30)(H,32,33)/t16?,19-,20+,21+,22+/m1/s1. The van der Waals surface area contributed by atoms with Crippen molar-refractivity contribution < 1.29 is 19.5 Å². The number of hydrogen-bond acceptors (Lipinski definition) is 7. The summed E-state index contributed by atoms with van der Waals surface area (Å²) < 4.78 is 0. The van der Waals surface area contributed by atoms with Crippen LogP contribution in [-0.4, -0.2) is 81.6 Å². The molecule has 194 valence electrons. The van der Waals surface area contributed by atoms with Crippen molar-refractivity contribution in [1.29, 1.82) is 0 Å². The van der Waals surface area contributed by atoms with Crippen LogP contribution in [0.5, 0.6) is 0 Å². The molecule has 2 aliphatic rings.